The molecule has 84 valence electrons. The summed E-state index contributed by atoms with van der Waals surface area (Å²) in [4.78, 5) is 4.37. The van der Waals surface area contributed by atoms with Gasteiger partial charge in [-0.1, -0.05) is 6.92 Å². The normalized spacial score (nSPS) is 25.7. The van der Waals surface area contributed by atoms with Gasteiger partial charge in [-0.05, 0) is 25.2 Å². The van der Waals surface area contributed by atoms with Gasteiger partial charge < -0.3 is 11.1 Å². The number of hydrogen-bond donors (Lipinski definition) is 2. The predicted octanol–water partition coefficient (Wildman–Crippen LogP) is 1.64. The van der Waals surface area contributed by atoms with Crippen molar-refractivity contribution in [1.82, 2.24) is 9.36 Å². The molecular formula is C10H18N4S. The molecule has 1 aliphatic rings. The van der Waals surface area contributed by atoms with Gasteiger partial charge in [0.2, 0.25) is 5.13 Å². The van der Waals surface area contributed by atoms with Gasteiger partial charge in [0.25, 0.3) is 0 Å². The first kappa shape index (κ1) is 10.8. The Morgan fingerprint density at radius 1 is 1.53 bits per heavy atom. The Balaban J connectivity index is 1.77. The molecule has 0 radical (unpaired) electrons. The maximum Gasteiger partial charge on any atom is 0.202 e. The van der Waals surface area contributed by atoms with Crippen molar-refractivity contribution >= 4 is 16.7 Å². The summed E-state index contributed by atoms with van der Waals surface area (Å²) in [6.45, 7) is 3.06. The maximum atomic E-state index is 5.87. The lowest BCUT2D eigenvalue weighted by molar-refractivity contribution is 0.565. The number of rotatable bonds is 4. The van der Waals surface area contributed by atoms with Crippen molar-refractivity contribution in [2.45, 2.75) is 38.6 Å². The van der Waals surface area contributed by atoms with Crippen LogP contribution in [-0.4, -0.2) is 21.9 Å². The van der Waals surface area contributed by atoms with Crippen molar-refractivity contribution in [3.8, 4) is 0 Å². The molecule has 2 unspecified atom stereocenters. The van der Waals surface area contributed by atoms with Crippen LogP contribution in [0.3, 0.4) is 0 Å². The van der Waals surface area contributed by atoms with Gasteiger partial charge in [-0.3, -0.25) is 0 Å². The van der Waals surface area contributed by atoms with E-state index in [0.29, 0.717) is 12.0 Å². The van der Waals surface area contributed by atoms with Crippen LogP contribution in [0.2, 0.25) is 0 Å². The Bertz CT molecular complexity index is 312. The number of aromatic nitrogens is 2. The first-order valence-corrected chi connectivity index (χ1v) is 6.37. The topological polar surface area (TPSA) is 63.8 Å². The van der Waals surface area contributed by atoms with E-state index < -0.39 is 0 Å². The molecule has 1 aliphatic carbocycles. The van der Waals surface area contributed by atoms with Crippen molar-refractivity contribution < 1.29 is 0 Å². The van der Waals surface area contributed by atoms with E-state index in [1.807, 2.05) is 0 Å². The van der Waals surface area contributed by atoms with Crippen LogP contribution < -0.4 is 11.1 Å². The van der Waals surface area contributed by atoms with Gasteiger partial charge in [0, 0.05) is 30.5 Å². The largest absolute Gasteiger partial charge is 0.360 e. The Hall–Kier alpha value is -0.680. The molecule has 0 spiro atoms. The van der Waals surface area contributed by atoms with E-state index in [9.17, 15) is 0 Å². The van der Waals surface area contributed by atoms with E-state index in [2.05, 4.69) is 21.6 Å². The number of aryl methyl sites for hydroxylation is 1. The average Bonchev–Trinajstić information content (AvgIpc) is 2.83. The van der Waals surface area contributed by atoms with Gasteiger partial charge >= 0.3 is 0 Å². The maximum absolute atomic E-state index is 5.87. The van der Waals surface area contributed by atoms with E-state index >= 15 is 0 Å². The summed E-state index contributed by atoms with van der Waals surface area (Å²) < 4.78 is 4.24. The van der Waals surface area contributed by atoms with E-state index in [-0.39, 0.29) is 0 Å². The number of nitrogens with two attached hydrogens (primary N) is 1. The fourth-order valence-corrected chi connectivity index (χ4v) is 2.66. The molecule has 4 nitrogen and oxygen atoms in total. The molecule has 0 aliphatic heterocycles. The van der Waals surface area contributed by atoms with Crippen molar-refractivity contribution in [3.63, 3.8) is 0 Å². The molecule has 0 saturated heterocycles. The summed E-state index contributed by atoms with van der Waals surface area (Å²) in [7, 11) is 0. The zero-order chi connectivity index (χ0) is 10.7. The van der Waals surface area contributed by atoms with Crippen molar-refractivity contribution in [1.29, 1.82) is 0 Å². The Kier molecular flexibility index (Phi) is 3.53. The van der Waals surface area contributed by atoms with Crippen LogP contribution in [0.25, 0.3) is 0 Å². The fraction of sp³-hybridized carbons (Fsp3) is 0.800. The molecule has 15 heavy (non-hydrogen) atoms. The molecule has 3 N–H and O–H groups in total. The molecule has 2 rings (SSSR count). The number of anilines is 1. The highest BCUT2D eigenvalue weighted by molar-refractivity contribution is 7.09. The highest BCUT2D eigenvalue weighted by Crippen LogP contribution is 2.24. The molecule has 1 aromatic heterocycles. The molecular weight excluding hydrogens is 208 g/mol. The minimum atomic E-state index is 0.414. The van der Waals surface area contributed by atoms with Crippen LogP contribution in [0.4, 0.5) is 5.13 Å². The smallest absolute Gasteiger partial charge is 0.202 e. The Morgan fingerprint density at radius 3 is 3.00 bits per heavy atom. The third-order valence-corrected chi connectivity index (χ3v) is 3.62. The van der Waals surface area contributed by atoms with Gasteiger partial charge in [0.1, 0.15) is 5.82 Å². The summed E-state index contributed by atoms with van der Waals surface area (Å²) in [6, 6.07) is 0.414. The van der Waals surface area contributed by atoms with Crippen molar-refractivity contribution in [2.24, 2.45) is 11.7 Å². The van der Waals surface area contributed by atoms with Crippen molar-refractivity contribution in [2.75, 3.05) is 11.9 Å². The van der Waals surface area contributed by atoms with Gasteiger partial charge in [-0.2, -0.15) is 4.37 Å². The lowest BCUT2D eigenvalue weighted by atomic mass is 10.1. The second kappa shape index (κ2) is 4.90. The third kappa shape index (κ3) is 2.89. The van der Waals surface area contributed by atoms with Gasteiger partial charge in [-0.25, -0.2) is 4.98 Å². The predicted molar refractivity (Wildman–Crippen MR) is 63.1 cm³/mol. The van der Waals surface area contributed by atoms with Crippen LogP contribution in [0.5, 0.6) is 0 Å². The standard InChI is InChI=1S/C10H18N4S/c1-2-9-13-10(15-14-9)12-6-7-3-4-8(11)5-7/h7-8H,2-6,11H2,1H3,(H,12,13,14). The van der Waals surface area contributed by atoms with Gasteiger partial charge in [0.15, 0.2) is 0 Å². The lowest BCUT2D eigenvalue weighted by Crippen LogP contribution is -2.17. The van der Waals surface area contributed by atoms with Crippen LogP contribution in [-0.2, 0) is 6.42 Å². The van der Waals surface area contributed by atoms with Crippen molar-refractivity contribution in [3.05, 3.63) is 5.82 Å². The van der Waals surface area contributed by atoms with E-state index in [1.54, 1.807) is 0 Å². The molecule has 5 heteroatoms. The van der Waals surface area contributed by atoms with E-state index in [0.717, 1.165) is 30.3 Å². The minimum absolute atomic E-state index is 0.414. The van der Waals surface area contributed by atoms with Gasteiger partial charge in [0.05, 0.1) is 0 Å². The first-order chi connectivity index (χ1) is 7.28. The highest BCUT2D eigenvalue weighted by atomic mass is 32.1. The van der Waals surface area contributed by atoms with E-state index in [4.69, 9.17) is 5.73 Å². The highest BCUT2D eigenvalue weighted by Gasteiger charge is 2.21. The summed E-state index contributed by atoms with van der Waals surface area (Å²) in [5.74, 6) is 1.65. The number of nitrogens with zero attached hydrogens (tertiary/aromatic N) is 2. The van der Waals surface area contributed by atoms with Crippen LogP contribution in [0.1, 0.15) is 32.0 Å². The van der Waals surface area contributed by atoms with Crippen LogP contribution in [0, 0.1) is 5.92 Å². The number of nitrogens with one attached hydrogen (secondary N) is 1. The summed E-state index contributed by atoms with van der Waals surface area (Å²) in [6.07, 6.45) is 4.47. The van der Waals surface area contributed by atoms with Gasteiger partial charge in [-0.15, -0.1) is 0 Å². The molecule has 1 aromatic rings. The molecule has 0 bridgehead atoms. The quantitative estimate of drug-likeness (QED) is 0.819. The van der Waals surface area contributed by atoms with E-state index in [1.165, 1.54) is 24.4 Å². The zero-order valence-corrected chi connectivity index (χ0v) is 9.89. The third-order valence-electron chi connectivity index (χ3n) is 2.91. The SMILES string of the molecule is CCc1nsc(NCC2CCC(N)C2)n1. The summed E-state index contributed by atoms with van der Waals surface area (Å²) >= 11 is 1.45. The second-order valence-corrected chi connectivity index (χ2v) is 4.94. The second-order valence-electron chi connectivity index (χ2n) is 4.19. The summed E-state index contributed by atoms with van der Waals surface area (Å²) in [5, 5.41) is 4.30. The Labute approximate surface area is 94.5 Å². The molecule has 1 fully saturated rings. The first-order valence-electron chi connectivity index (χ1n) is 5.60. The Morgan fingerprint density at radius 2 is 2.40 bits per heavy atom. The molecule has 2 atom stereocenters. The minimum Gasteiger partial charge on any atom is -0.360 e. The lowest BCUT2D eigenvalue weighted by Gasteiger charge is -2.09. The average molecular weight is 226 g/mol. The fourth-order valence-electron chi connectivity index (χ4n) is 2.00. The van der Waals surface area contributed by atoms with Crippen LogP contribution >= 0.6 is 11.5 Å². The zero-order valence-electron chi connectivity index (χ0n) is 9.07. The van der Waals surface area contributed by atoms with Crippen LogP contribution in [0.15, 0.2) is 0 Å². The molecule has 0 aromatic carbocycles. The molecule has 1 saturated carbocycles. The summed E-state index contributed by atoms with van der Waals surface area (Å²) in [5.41, 5.74) is 5.87. The molecule has 0 amide bonds. The molecule has 1 heterocycles. The monoisotopic (exact) mass is 226 g/mol. The number of hydrogen-bond acceptors (Lipinski definition) is 5.